The fraction of sp³-hybridized carbons (Fsp3) is 0.250. The van der Waals surface area contributed by atoms with Gasteiger partial charge in [0, 0.05) is 33.4 Å². The number of nitrogens with zero attached hydrogens (tertiary/aromatic N) is 3. The number of carbonyl (C=O) groups excluding carboxylic acids is 1. The van der Waals surface area contributed by atoms with Crippen LogP contribution in [0.1, 0.15) is 16.2 Å². The maximum absolute atomic E-state index is 12.4. The van der Waals surface area contributed by atoms with Crippen molar-refractivity contribution in [2.45, 2.75) is 6.18 Å². The van der Waals surface area contributed by atoms with Gasteiger partial charge in [0.05, 0.1) is 0 Å². The molecule has 6 nitrogen and oxygen atoms in total. The summed E-state index contributed by atoms with van der Waals surface area (Å²) in [7, 11) is -2.59. The number of carbonyl (C=O) groups is 1. The number of hydrogen-bond donors (Lipinski definition) is 0. The summed E-state index contributed by atoms with van der Waals surface area (Å²) >= 11 is 0. The number of benzene rings is 1. The van der Waals surface area contributed by atoms with Crippen LogP contribution in [0, 0.1) is 0 Å². The van der Waals surface area contributed by atoms with Crippen LogP contribution < -0.4 is 0 Å². The molecular weight excluding hydrogens is 323 g/mol. The third kappa shape index (κ3) is 3.91. The molecule has 0 fully saturated rings. The summed E-state index contributed by atoms with van der Waals surface area (Å²) in [5, 5.41) is 3.23. The van der Waals surface area contributed by atoms with Gasteiger partial charge in [0.2, 0.25) is 5.82 Å². The van der Waals surface area contributed by atoms with Crippen molar-refractivity contribution in [1.82, 2.24) is 10.1 Å². The first kappa shape index (κ1) is 16.1. The Morgan fingerprint density at radius 2 is 1.82 bits per heavy atom. The topological polar surface area (TPSA) is 85.4 Å². The van der Waals surface area contributed by atoms with Gasteiger partial charge in [-0.05, 0) is 12.1 Å². The molecule has 0 bridgehead atoms. The summed E-state index contributed by atoms with van der Waals surface area (Å²) in [4.78, 5) is 14.9. The summed E-state index contributed by atoms with van der Waals surface area (Å²) in [5.41, 5.74) is 0.393. The van der Waals surface area contributed by atoms with Crippen molar-refractivity contribution < 1.29 is 26.7 Å². The fourth-order valence-corrected chi connectivity index (χ4v) is 1.97. The molecule has 0 radical (unpaired) electrons. The van der Waals surface area contributed by atoms with E-state index in [1.165, 1.54) is 36.8 Å². The van der Waals surface area contributed by atoms with Crippen molar-refractivity contribution >= 4 is 15.6 Å². The molecule has 2 aromatic rings. The molecule has 0 saturated carbocycles. The molecule has 0 N–H and O–H groups in total. The quantitative estimate of drug-likeness (QED) is 0.843. The highest BCUT2D eigenvalue weighted by atomic mass is 32.2. The summed E-state index contributed by atoms with van der Waals surface area (Å²) in [6, 6.07) is 5.35. The van der Waals surface area contributed by atoms with Crippen molar-refractivity contribution in [2.75, 3.05) is 12.5 Å². The van der Waals surface area contributed by atoms with E-state index in [9.17, 15) is 22.2 Å². The van der Waals surface area contributed by atoms with Crippen LogP contribution in [0.2, 0.25) is 0 Å². The lowest BCUT2D eigenvalue weighted by Crippen LogP contribution is -2.04. The molecule has 0 aliphatic heterocycles. The van der Waals surface area contributed by atoms with Crippen LogP contribution in [0.3, 0.4) is 0 Å². The van der Waals surface area contributed by atoms with Crippen molar-refractivity contribution in [1.29, 1.82) is 0 Å². The maximum Gasteiger partial charge on any atom is 0.471 e. The highest BCUT2D eigenvalue weighted by Crippen LogP contribution is 2.29. The third-order valence-corrected chi connectivity index (χ3v) is 2.97. The Morgan fingerprint density at radius 1 is 1.23 bits per heavy atom. The fourth-order valence-electron chi connectivity index (χ4n) is 1.47. The van der Waals surface area contributed by atoms with Gasteiger partial charge in [-0.1, -0.05) is 17.3 Å². The zero-order valence-corrected chi connectivity index (χ0v) is 12.2. The largest absolute Gasteiger partial charge is 0.471 e. The Hall–Kier alpha value is -2.23. The minimum Gasteiger partial charge on any atom is -0.329 e. The number of rotatable bonds is 2. The minimum absolute atomic E-state index is 0.153. The Balaban J connectivity index is 2.28. The van der Waals surface area contributed by atoms with Crippen molar-refractivity contribution in [3.05, 3.63) is 35.7 Å². The minimum atomic E-state index is -4.72. The van der Waals surface area contributed by atoms with E-state index >= 15 is 0 Å². The second-order valence-corrected chi connectivity index (χ2v) is 7.12. The predicted octanol–water partition coefficient (Wildman–Crippen LogP) is 2.62. The van der Waals surface area contributed by atoms with E-state index in [1.807, 2.05) is 0 Å². The molecule has 0 unspecified atom stereocenters. The number of hydrogen-bond acceptors (Lipinski definition) is 5. The highest BCUT2D eigenvalue weighted by Gasteiger charge is 2.38. The predicted molar refractivity (Wildman–Crippen MR) is 71.5 cm³/mol. The Kier molecular flexibility index (Phi) is 4.05. The van der Waals surface area contributed by atoms with Gasteiger partial charge >= 0.3 is 12.1 Å². The van der Waals surface area contributed by atoms with E-state index in [4.69, 9.17) is 0 Å². The van der Waals surface area contributed by atoms with E-state index in [1.54, 1.807) is 0 Å². The number of alkyl halides is 3. The lowest BCUT2D eigenvalue weighted by molar-refractivity contribution is -0.159. The van der Waals surface area contributed by atoms with E-state index < -0.39 is 27.7 Å². The molecule has 0 spiro atoms. The third-order valence-electron chi connectivity index (χ3n) is 2.36. The first-order valence-electron chi connectivity index (χ1n) is 5.79. The second-order valence-electron chi connectivity index (χ2n) is 4.58. The SMILES string of the molecule is CS(C)(=O)=NC(=O)c1ccc(-c2noc(C(F)(F)F)n2)cc1. The molecule has 0 atom stereocenters. The van der Waals surface area contributed by atoms with E-state index in [0.29, 0.717) is 0 Å². The summed E-state index contributed by atoms with van der Waals surface area (Å²) < 4.78 is 56.1. The smallest absolute Gasteiger partial charge is 0.329 e. The van der Waals surface area contributed by atoms with Gasteiger partial charge < -0.3 is 4.52 Å². The van der Waals surface area contributed by atoms with E-state index in [0.717, 1.165) is 0 Å². The van der Waals surface area contributed by atoms with Crippen LogP contribution in [0.25, 0.3) is 11.4 Å². The van der Waals surface area contributed by atoms with Gasteiger partial charge in [0.1, 0.15) is 0 Å². The zero-order chi connectivity index (χ0) is 16.5. The molecule has 118 valence electrons. The van der Waals surface area contributed by atoms with Gasteiger partial charge in [-0.3, -0.25) is 4.79 Å². The Morgan fingerprint density at radius 3 is 2.27 bits per heavy atom. The molecule has 1 heterocycles. The van der Waals surface area contributed by atoms with Gasteiger partial charge in [-0.25, -0.2) is 4.21 Å². The summed E-state index contributed by atoms with van der Waals surface area (Å²) in [5.74, 6) is -2.38. The molecule has 22 heavy (non-hydrogen) atoms. The van der Waals surface area contributed by atoms with Crippen LogP contribution >= 0.6 is 0 Å². The number of amides is 1. The molecule has 0 saturated heterocycles. The molecule has 0 aliphatic rings. The van der Waals surface area contributed by atoms with Crippen molar-refractivity contribution in [3.8, 4) is 11.4 Å². The van der Waals surface area contributed by atoms with E-state index in [2.05, 4.69) is 19.0 Å². The summed E-state index contributed by atoms with van der Waals surface area (Å²) in [6.45, 7) is 0. The average Bonchev–Trinajstić information content (AvgIpc) is 2.86. The lowest BCUT2D eigenvalue weighted by Gasteiger charge is -1.99. The molecule has 0 aliphatic carbocycles. The monoisotopic (exact) mass is 333 g/mol. The first-order chi connectivity index (χ1) is 10.1. The highest BCUT2D eigenvalue weighted by molar-refractivity contribution is 7.92. The standard InChI is InChI=1S/C12H10F3N3O3S/c1-22(2,20)18-10(19)8-5-3-7(4-6-8)9-16-11(21-17-9)12(13,14)15/h3-6H,1-2H3. The van der Waals surface area contributed by atoms with Gasteiger partial charge in [-0.2, -0.15) is 22.5 Å². The second kappa shape index (κ2) is 5.52. The first-order valence-corrected chi connectivity index (χ1v) is 8.12. The summed E-state index contributed by atoms with van der Waals surface area (Å²) in [6.07, 6.45) is -2.09. The molecule has 1 aromatic carbocycles. The van der Waals surface area contributed by atoms with Gasteiger partial charge in [0.15, 0.2) is 0 Å². The average molecular weight is 333 g/mol. The van der Waals surface area contributed by atoms with Crippen LogP contribution in [0.15, 0.2) is 33.2 Å². The van der Waals surface area contributed by atoms with Gasteiger partial charge in [-0.15, -0.1) is 0 Å². The molecule has 1 amide bonds. The van der Waals surface area contributed by atoms with Crippen molar-refractivity contribution in [2.24, 2.45) is 4.36 Å². The lowest BCUT2D eigenvalue weighted by atomic mass is 10.1. The maximum atomic E-state index is 12.4. The van der Waals surface area contributed by atoms with Crippen molar-refractivity contribution in [3.63, 3.8) is 0 Å². The molecule has 10 heteroatoms. The van der Waals surface area contributed by atoms with Crippen LogP contribution in [-0.2, 0) is 15.9 Å². The van der Waals surface area contributed by atoms with Crippen LogP contribution in [-0.4, -0.2) is 32.8 Å². The molecular formula is C12H10F3N3O3S. The van der Waals surface area contributed by atoms with E-state index in [-0.39, 0.29) is 17.0 Å². The Labute approximate surface area is 123 Å². The number of aromatic nitrogens is 2. The van der Waals surface area contributed by atoms with Gasteiger partial charge in [0.25, 0.3) is 5.91 Å². The molecule has 2 rings (SSSR count). The Bertz CT molecular complexity index is 810. The van der Waals surface area contributed by atoms with Crippen LogP contribution in [0.4, 0.5) is 13.2 Å². The normalized spacial score (nSPS) is 12.2. The number of halogens is 3. The zero-order valence-electron chi connectivity index (χ0n) is 11.4. The molecule has 1 aromatic heterocycles. The van der Waals surface area contributed by atoms with Crippen LogP contribution in [0.5, 0.6) is 0 Å².